The lowest BCUT2D eigenvalue weighted by molar-refractivity contribution is -0.141. The molecule has 0 amide bonds. The van der Waals surface area contributed by atoms with Gasteiger partial charge in [-0.2, -0.15) is 18.3 Å². The summed E-state index contributed by atoms with van der Waals surface area (Å²) in [6.45, 7) is 1.03. The number of aromatic amines is 1. The van der Waals surface area contributed by atoms with E-state index >= 15 is 0 Å². The standard InChI is InChI=1S/C9H8F3N3O/c1-4-5-2-7(9(10,11)12)13-6(3-16)8(5)15-14-4/h2,16H,3H2,1H3,(H,14,15). The monoisotopic (exact) mass is 231 g/mol. The van der Waals surface area contributed by atoms with E-state index in [-0.39, 0.29) is 11.2 Å². The number of nitrogens with zero attached hydrogens (tertiary/aromatic N) is 2. The molecule has 2 aromatic rings. The first-order chi connectivity index (χ1) is 7.43. The highest BCUT2D eigenvalue weighted by Crippen LogP contribution is 2.31. The molecule has 0 atom stereocenters. The van der Waals surface area contributed by atoms with E-state index in [1.165, 1.54) is 0 Å². The minimum Gasteiger partial charge on any atom is -0.390 e. The largest absolute Gasteiger partial charge is 0.433 e. The molecule has 4 nitrogen and oxygen atoms in total. The van der Waals surface area contributed by atoms with Crippen molar-refractivity contribution in [2.45, 2.75) is 19.7 Å². The van der Waals surface area contributed by atoms with Crippen LogP contribution in [0.25, 0.3) is 10.9 Å². The Morgan fingerprint density at radius 1 is 1.44 bits per heavy atom. The molecule has 2 N–H and O–H groups in total. The van der Waals surface area contributed by atoms with Crippen molar-refractivity contribution in [2.24, 2.45) is 0 Å². The maximum absolute atomic E-state index is 12.5. The summed E-state index contributed by atoms with van der Waals surface area (Å²) in [7, 11) is 0. The van der Waals surface area contributed by atoms with Crippen molar-refractivity contribution in [1.29, 1.82) is 0 Å². The van der Waals surface area contributed by atoms with Crippen LogP contribution in [0.15, 0.2) is 6.07 Å². The predicted molar refractivity (Wildman–Crippen MR) is 49.6 cm³/mol. The van der Waals surface area contributed by atoms with Crippen molar-refractivity contribution in [3.05, 3.63) is 23.1 Å². The van der Waals surface area contributed by atoms with E-state index in [9.17, 15) is 13.2 Å². The van der Waals surface area contributed by atoms with E-state index < -0.39 is 18.5 Å². The molecule has 0 fully saturated rings. The normalized spacial score (nSPS) is 12.3. The summed E-state index contributed by atoms with van der Waals surface area (Å²) in [6, 6.07) is 0.924. The van der Waals surface area contributed by atoms with Crippen LogP contribution in [0, 0.1) is 6.92 Å². The van der Waals surface area contributed by atoms with E-state index in [0.717, 1.165) is 6.07 Å². The fourth-order valence-corrected chi connectivity index (χ4v) is 1.46. The average molecular weight is 231 g/mol. The Morgan fingerprint density at radius 2 is 2.12 bits per heavy atom. The number of alkyl halides is 3. The van der Waals surface area contributed by atoms with Crippen LogP contribution in [0.4, 0.5) is 13.2 Å². The molecule has 2 aromatic heterocycles. The molecule has 16 heavy (non-hydrogen) atoms. The Bertz CT molecular complexity index is 533. The SMILES string of the molecule is Cc1[nH]nc2c(CO)nc(C(F)(F)F)cc12. The molecule has 7 heteroatoms. The molecular formula is C9H8F3N3O. The topological polar surface area (TPSA) is 61.8 Å². The van der Waals surface area contributed by atoms with Crippen molar-refractivity contribution >= 4 is 10.9 Å². The molecule has 0 saturated carbocycles. The highest BCUT2D eigenvalue weighted by molar-refractivity contribution is 5.83. The van der Waals surface area contributed by atoms with Crippen molar-refractivity contribution in [1.82, 2.24) is 15.2 Å². The first-order valence-corrected chi connectivity index (χ1v) is 4.46. The zero-order chi connectivity index (χ0) is 11.9. The second-order valence-electron chi connectivity index (χ2n) is 3.35. The van der Waals surface area contributed by atoms with Crippen LogP contribution in [0.1, 0.15) is 17.1 Å². The summed E-state index contributed by atoms with van der Waals surface area (Å²) in [5.41, 5.74) is -0.312. The van der Waals surface area contributed by atoms with Gasteiger partial charge in [0.1, 0.15) is 11.2 Å². The molecule has 0 aliphatic heterocycles. The van der Waals surface area contributed by atoms with E-state index in [2.05, 4.69) is 15.2 Å². The number of aliphatic hydroxyl groups is 1. The number of hydrogen-bond acceptors (Lipinski definition) is 3. The minimum atomic E-state index is -4.53. The molecule has 0 bridgehead atoms. The smallest absolute Gasteiger partial charge is 0.390 e. The Kier molecular flexibility index (Phi) is 2.34. The highest BCUT2D eigenvalue weighted by Gasteiger charge is 2.33. The van der Waals surface area contributed by atoms with Crippen LogP contribution < -0.4 is 0 Å². The van der Waals surface area contributed by atoms with Crippen molar-refractivity contribution in [3.8, 4) is 0 Å². The van der Waals surface area contributed by atoms with Gasteiger partial charge in [0.25, 0.3) is 0 Å². The number of hydrogen-bond donors (Lipinski definition) is 2. The van der Waals surface area contributed by atoms with Gasteiger partial charge in [-0.05, 0) is 13.0 Å². The zero-order valence-electron chi connectivity index (χ0n) is 8.26. The van der Waals surface area contributed by atoms with Gasteiger partial charge in [0, 0.05) is 11.1 Å². The summed E-state index contributed by atoms with van der Waals surface area (Å²) < 4.78 is 37.5. The molecule has 0 aliphatic carbocycles. The molecule has 2 heterocycles. The number of aromatic nitrogens is 3. The van der Waals surface area contributed by atoms with Gasteiger partial charge in [-0.1, -0.05) is 0 Å². The van der Waals surface area contributed by atoms with Gasteiger partial charge < -0.3 is 5.11 Å². The number of fused-ring (bicyclic) bond motifs is 1. The van der Waals surface area contributed by atoms with Crippen LogP contribution in [0.2, 0.25) is 0 Å². The third-order valence-corrected chi connectivity index (χ3v) is 2.24. The lowest BCUT2D eigenvalue weighted by Crippen LogP contribution is -2.09. The molecule has 2 rings (SSSR count). The van der Waals surface area contributed by atoms with E-state index in [4.69, 9.17) is 5.11 Å². The van der Waals surface area contributed by atoms with Gasteiger partial charge in [0.2, 0.25) is 0 Å². The van der Waals surface area contributed by atoms with Crippen LogP contribution in [-0.2, 0) is 12.8 Å². The first-order valence-electron chi connectivity index (χ1n) is 4.46. The Labute approximate surface area is 88.1 Å². The number of aryl methyl sites for hydroxylation is 1. The first kappa shape index (κ1) is 10.9. The van der Waals surface area contributed by atoms with Crippen LogP contribution in [0.3, 0.4) is 0 Å². The number of aliphatic hydroxyl groups excluding tert-OH is 1. The predicted octanol–water partition coefficient (Wildman–Crippen LogP) is 1.78. The molecule has 86 valence electrons. The number of pyridine rings is 1. The summed E-state index contributed by atoms with van der Waals surface area (Å²) in [5.74, 6) is 0. The van der Waals surface area contributed by atoms with Gasteiger partial charge in [0.15, 0.2) is 0 Å². The van der Waals surface area contributed by atoms with Gasteiger partial charge in [-0.25, -0.2) is 4.98 Å². The van der Waals surface area contributed by atoms with E-state index in [0.29, 0.717) is 11.1 Å². The summed E-state index contributed by atoms with van der Waals surface area (Å²) >= 11 is 0. The average Bonchev–Trinajstić information content (AvgIpc) is 2.58. The van der Waals surface area contributed by atoms with Crippen molar-refractivity contribution < 1.29 is 18.3 Å². The van der Waals surface area contributed by atoms with Crippen LogP contribution in [0.5, 0.6) is 0 Å². The zero-order valence-corrected chi connectivity index (χ0v) is 8.26. The van der Waals surface area contributed by atoms with Crippen LogP contribution >= 0.6 is 0 Å². The molecule has 0 saturated heterocycles. The Hall–Kier alpha value is -1.63. The third-order valence-electron chi connectivity index (χ3n) is 2.24. The van der Waals surface area contributed by atoms with Gasteiger partial charge >= 0.3 is 6.18 Å². The van der Waals surface area contributed by atoms with Gasteiger partial charge in [-0.3, -0.25) is 5.10 Å². The lowest BCUT2D eigenvalue weighted by Gasteiger charge is -2.07. The maximum Gasteiger partial charge on any atom is 0.433 e. The van der Waals surface area contributed by atoms with Crippen molar-refractivity contribution in [3.63, 3.8) is 0 Å². The molecule has 0 radical (unpaired) electrons. The maximum atomic E-state index is 12.5. The third kappa shape index (κ3) is 1.63. The fourth-order valence-electron chi connectivity index (χ4n) is 1.46. The molecule has 0 spiro atoms. The van der Waals surface area contributed by atoms with Gasteiger partial charge in [-0.15, -0.1) is 0 Å². The summed E-state index contributed by atoms with van der Waals surface area (Å²) in [5, 5.41) is 15.6. The van der Waals surface area contributed by atoms with Gasteiger partial charge in [0.05, 0.1) is 12.3 Å². The highest BCUT2D eigenvalue weighted by atomic mass is 19.4. The fraction of sp³-hybridized carbons (Fsp3) is 0.333. The van der Waals surface area contributed by atoms with Crippen molar-refractivity contribution in [2.75, 3.05) is 0 Å². The number of rotatable bonds is 1. The Morgan fingerprint density at radius 3 is 2.69 bits per heavy atom. The number of H-pyrrole nitrogens is 1. The number of halogens is 3. The lowest BCUT2D eigenvalue weighted by atomic mass is 10.2. The second-order valence-corrected chi connectivity index (χ2v) is 3.35. The minimum absolute atomic E-state index is 0.0748. The second kappa shape index (κ2) is 3.44. The quantitative estimate of drug-likeness (QED) is 0.786. The number of nitrogens with one attached hydrogen (secondary N) is 1. The van der Waals surface area contributed by atoms with Crippen LogP contribution in [-0.4, -0.2) is 20.3 Å². The summed E-state index contributed by atoms with van der Waals surface area (Å²) in [6.07, 6.45) is -4.53. The molecule has 0 unspecified atom stereocenters. The molecular weight excluding hydrogens is 223 g/mol. The summed E-state index contributed by atoms with van der Waals surface area (Å²) in [4.78, 5) is 3.35. The van der Waals surface area contributed by atoms with E-state index in [1.54, 1.807) is 6.92 Å². The molecule has 0 aromatic carbocycles. The molecule has 0 aliphatic rings. The Balaban J connectivity index is 2.76. The van der Waals surface area contributed by atoms with E-state index in [1.807, 2.05) is 0 Å².